The minimum Gasteiger partial charge on any atom is -0.497 e. The molecule has 2 aromatic rings. The molecule has 0 radical (unpaired) electrons. The number of sulfonamides is 1. The molecule has 0 spiro atoms. The molecule has 0 aliphatic carbocycles. The largest absolute Gasteiger partial charge is 0.497 e. The van der Waals surface area contributed by atoms with Crippen LogP contribution in [-0.2, 0) is 14.8 Å². The summed E-state index contributed by atoms with van der Waals surface area (Å²) in [6.45, 7) is 2.77. The molecular formula is C22H29ClN4O5S. The van der Waals surface area contributed by atoms with Crippen molar-refractivity contribution in [1.29, 1.82) is 0 Å². The Balaban J connectivity index is 1.39. The molecule has 11 heteroatoms. The van der Waals surface area contributed by atoms with E-state index < -0.39 is 10.0 Å². The van der Waals surface area contributed by atoms with Crippen LogP contribution < -0.4 is 15.6 Å². The van der Waals surface area contributed by atoms with Gasteiger partial charge in [0.15, 0.2) is 0 Å². The van der Waals surface area contributed by atoms with Gasteiger partial charge in [-0.2, -0.15) is 9.40 Å². The maximum atomic E-state index is 13.0. The number of aromatic nitrogens is 2. The molecule has 33 heavy (non-hydrogen) atoms. The van der Waals surface area contributed by atoms with Crippen LogP contribution in [0.3, 0.4) is 0 Å². The van der Waals surface area contributed by atoms with E-state index in [1.165, 1.54) is 28.2 Å². The molecule has 2 aliphatic rings. The standard InChI is InChI=1S/C22H29ClN4O5S/c1-31-18-4-6-19(7-5-18)33(29,30)26-10-8-17(9-11-26)27-22(28)21(23)20(14-25-27)24-13-16-3-2-12-32-15-16/h4-7,14,16-17,24H,2-3,8-13,15H2,1H3/t16-/m0/s1. The van der Waals surface area contributed by atoms with Crippen LogP contribution >= 0.6 is 11.6 Å². The Labute approximate surface area is 198 Å². The van der Waals surface area contributed by atoms with Gasteiger partial charge in [0, 0.05) is 26.2 Å². The minimum atomic E-state index is -3.61. The molecule has 9 nitrogen and oxygen atoms in total. The molecule has 0 bridgehead atoms. The SMILES string of the molecule is COc1ccc(S(=O)(=O)N2CCC(n3ncc(NC[C@@H]4CCCOC4)c(Cl)c3=O)CC2)cc1. The summed E-state index contributed by atoms with van der Waals surface area (Å²) in [5.74, 6) is 0.981. The number of halogens is 1. The highest BCUT2D eigenvalue weighted by molar-refractivity contribution is 7.89. The molecule has 0 unspecified atom stereocenters. The summed E-state index contributed by atoms with van der Waals surface area (Å²) in [6, 6.07) is 6.12. The fourth-order valence-corrected chi connectivity index (χ4v) is 5.95. The van der Waals surface area contributed by atoms with Crippen LogP contribution in [0.1, 0.15) is 31.7 Å². The summed E-state index contributed by atoms with van der Waals surface area (Å²) in [6.07, 6.45) is 4.64. The van der Waals surface area contributed by atoms with Crippen LogP contribution in [0, 0.1) is 5.92 Å². The quantitative estimate of drug-likeness (QED) is 0.628. The first-order chi connectivity index (χ1) is 15.9. The van der Waals surface area contributed by atoms with E-state index in [-0.39, 0.29) is 21.5 Å². The topological polar surface area (TPSA) is 103 Å². The molecule has 0 saturated carbocycles. The van der Waals surface area contributed by atoms with E-state index in [2.05, 4.69) is 10.4 Å². The van der Waals surface area contributed by atoms with Gasteiger partial charge < -0.3 is 14.8 Å². The minimum absolute atomic E-state index is 0.106. The lowest BCUT2D eigenvalue weighted by molar-refractivity contribution is 0.0595. The highest BCUT2D eigenvalue weighted by Crippen LogP contribution is 2.27. The number of methoxy groups -OCH3 is 1. The number of piperidine rings is 1. The maximum Gasteiger partial charge on any atom is 0.287 e. The summed E-state index contributed by atoms with van der Waals surface area (Å²) in [5.41, 5.74) is 0.154. The molecule has 2 fully saturated rings. The fraction of sp³-hybridized carbons (Fsp3) is 0.545. The molecule has 1 aromatic heterocycles. The molecule has 1 atom stereocenters. The molecule has 1 N–H and O–H groups in total. The van der Waals surface area contributed by atoms with Crippen molar-refractivity contribution in [3.8, 4) is 5.75 Å². The van der Waals surface area contributed by atoms with Crippen molar-refractivity contribution >= 4 is 27.3 Å². The number of nitrogens with one attached hydrogen (secondary N) is 1. The van der Waals surface area contributed by atoms with Crippen molar-refractivity contribution in [2.75, 3.05) is 45.3 Å². The van der Waals surface area contributed by atoms with E-state index in [1.807, 2.05) is 0 Å². The number of benzene rings is 1. The van der Waals surface area contributed by atoms with Gasteiger partial charge in [-0.1, -0.05) is 11.6 Å². The summed E-state index contributed by atoms with van der Waals surface area (Å²) in [5, 5.41) is 7.66. The number of ether oxygens (including phenoxy) is 2. The van der Waals surface area contributed by atoms with Gasteiger partial charge >= 0.3 is 0 Å². The van der Waals surface area contributed by atoms with Crippen LogP contribution in [-0.4, -0.2) is 62.5 Å². The van der Waals surface area contributed by atoms with E-state index in [0.717, 1.165) is 19.4 Å². The normalized spacial score (nSPS) is 20.5. The number of hydrogen-bond donors (Lipinski definition) is 1. The summed E-state index contributed by atoms with van der Waals surface area (Å²) >= 11 is 6.36. The lowest BCUT2D eigenvalue weighted by Crippen LogP contribution is -2.41. The molecule has 4 rings (SSSR count). The van der Waals surface area contributed by atoms with Gasteiger partial charge in [0.25, 0.3) is 5.56 Å². The van der Waals surface area contributed by atoms with Crippen molar-refractivity contribution in [2.45, 2.75) is 36.6 Å². The molecule has 180 valence electrons. The second kappa shape index (κ2) is 10.4. The number of nitrogens with zero attached hydrogens (tertiary/aromatic N) is 3. The Morgan fingerprint density at radius 2 is 1.94 bits per heavy atom. The summed E-state index contributed by atoms with van der Waals surface area (Å²) in [7, 11) is -2.08. The maximum absolute atomic E-state index is 13.0. The summed E-state index contributed by atoms with van der Waals surface area (Å²) in [4.78, 5) is 13.1. The third kappa shape index (κ3) is 5.34. The van der Waals surface area contributed by atoms with Gasteiger partial charge in [0.2, 0.25) is 10.0 Å². The van der Waals surface area contributed by atoms with Crippen molar-refractivity contribution in [2.24, 2.45) is 5.92 Å². The number of anilines is 1. The third-order valence-corrected chi connectivity index (χ3v) is 8.52. The van der Waals surface area contributed by atoms with E-state index >= 15 is 0 Å². The van der Waals surface area contributed by atoms with Crippen LogP contribution in [0.15, 0.2) is 40.2 Å². The highest BCUT2D eigenvalue weighted by Gasteiger charge is 2.31. The van der Waals surface area contributed by atoms with Crippen LogP contribution in [0.5, 0.6) is 5.75 Å². The molecule has 2 aliphatic heterocycles. The second-order valence-electron chi connectivity index (χ2n) is 8.40. The summed E-state index contributed by atoms with van der Waals surface area (Å²) < 4.78 is 39.3. The Bertz CT molecular complexity index is 1110. The Hall–Kier alpha value is -2.14. The van der Waals surface area contributed by atoms with Crippen LogP contribution in [0.25, 0.3) is 0 Å². The average molecular weight is 497 g/mol. The zero-order valence-electron chi connectivity index (χ0n) is 18.6. The predicted octanol–water partition coefficient (Wildman–Crippen LogP) is 2.77. The van der Waals surface area contributed by atoms with Gasteiger partial charge in [-0.05, 0) is 55.9 Å². The van der Waals surface area contributed by atoms with Crippen molar-refractivity contribution in [3.05, 3.63) is 45.8 Å². The molecule has 1 aromatic carbocycles. The first kappa shape index (κ1) is 24.0. The monoisotopic (exact) mass is 496 g/mol. The van der Waals surface area contributed by atoms with E-state index in [0.29, 0.717) is 56.4 Å². The van der Waals surface area contributed by atoms with Crippen LogP contribution in [0.2, 0.25) is 5.02 Å². The number of hydrogen-bond acceptors (Lipinski definition) is 7. The molecule has 2 saturated heterocycles. The first-order valence-electron chi connectivity index (χ1n) is 11.1. The lowest BCUT2D eigenvalue weighted by atomic mass is 10.0. The molecule has 3 heterocycles. The van der Waals surface area contributed by atoms with E-state index in [1.54, 1.807) is 18.3 Å². The number of rotatable bonds is 7. The Morgan fingerprint density at radius 1 is 1.21 bits per heavy atom. The second-order valence-corrected chi connectivity index (χ2v) is 10.7. The first-order valence-corrected chi connectivity index (χ1v) is 12.9. The van der Waals surface area contributed by atoms with Crippen molar-refractivity contribution in [3.63, 3.8) is 0 Å². The Morgan fingerprint density at radius 3 is 2.58 bits per heavy atom. The van der Waals surface area contributed by atoms with E-state index in [9.17, 15) is 13.2 Å². The van der Waals surface area contributed by atoms with Crippen molar-refractivity contribution < 1.29 is 17.9 Å². The zero-order chi connectivity index (χ0) is 23.4. The smallest absolute Gasteiger partial charge is 0.287 e. The van der Waals surface area contributed by atoms with Gasteiger partial charge in [-0.15, -0.1) is 0 Å². The fourth-order valence-electron chi connectivity index (χ4n) is 4.27. The zero-order valence-corrected chi connectivity index (χ0v) is 20.1. The highest BCUT2D eigenvalue weighted by atomic mass is 35.5. The van der Waals surface area contributed by atoms with Crippen LogP contribution in [0.4, 0.5) is 5.69 Å². The predicted molar refractivity (Wildman–Crippen MR) is 126 cm³/mol. The molecule has 0 amide bonds. The molecular weight excluding hydrogens is 468 g/mol. The average Bonchev–Trinajstić information content (AvgIpc) is 2.86. The van der Waals surface area contributed by atoms with Gasteiger partial charge in [0.05, 0.1) is 36.5 Å². The van der Waals surface area contributed by atoms with Crippen molar-refractivity contribution in [1.82, 2.24) is 14.1 Å². The Kier molecular flexibility index (Phi) is 7.58. The lowest BCUT2D eigenvalue weighted by Gasteiger charge is -2.31. The van der Waals surface area contributed by atoms with E-state index in [4.69, 9.17) is 21.1 Å². The van der Waals surface area contributed by atoms with Gasteiger partial charge in [0.1, 0.15) is 10.8 Å². The third-order valence-electron chi connectivity index (χ3n) is 6.25. The van der Waals surface area contributed by atoms with Gasteiger partial charge in [-0.25, -0.2) is 13.1 Å². The van der Waals surface area contributed by atoms with Gasteiger partial charge in [-0.3, -0.25) is 4.79 Å².